The average molecular weight is 264 g/mol. The van der Waals surface area contributed by atoms with Gasteiger partial charge in [0.1, 0.15) is 18.5 Å². The molecular formula is C14H20N2O3. The summed E-state index contributed by atoms with van der Waals surface area (Å²) in [5.41, 5.74) is 6.28. The number of rotatable bonds is 5. The molecule has 1 aromatic rings. The van der Waals surface area contributed by atoms with Gasteiger partial charge in [-0.25, -0.2) is 0 Å². The second-order valence-electron chi connectivity index (χ2n) is 4.56. The van der Waals surface area contributed by atoms with Gasteiger partial charge in [-0.15, -0.1) is 0 Å². The van der Waals surface area contributed by atoms with E-state index in [0.29, 0.717) is 25.4 Å². The zero-order valence-electron chi connectivity index (χ0n) is 10.9. The second-order valence-corrected chi connectivity index (χ2v) is 4.56. The summed E-state index contributed by atoms with van der Waals surface area (Å²) in [6, 6.07) is 7.18. The van der Waals surface area contributed by atoms with Crippen LogP contribution in [0, 0.1) is 0 Å². The van der Waals surface area contributed by atoms with Crippen LogP contribution < -0.4 is 15.8 Å². The lowest BCUT2D eigenvalue weighted by molar-refractivity contribution is -0.135. The van der Waals surface area contributed by atoms with E-state index in [-0.39, 0.29) is 12.0 Å². The van der Waals surface area contributed by atoms with Crippen molar-refractivity contribution in [3.8, 4) is 5.75 Å². The predicted molar refractivity (Wildman–Crippen MR) is 73.0 cm³/mol. The van der Waals surface area contributed by atoms with Crippen LogP contribution >= 0.6 is 0 Å². The topological polar surface area (TPSA) is 73.6 Å². The highest BCUT2D eigenvalue weighted by molar-refractivity contribution is 5.80. The molecule has 0 bridgehead atoms. The molecule has 1 unspecified atom stereocenters. The minimum absolute atomic E-state index is 0.0411. The molecule has 0 aliphatic carbocycles. The number of carbonyl (C=O) groups excluding carboxylic acids is 1. The maximum Gasteiger partial charge on any atom is 0.249 e. The molecule has 1 aromatic carbocycles. The minimum Gasteiger partial charge on any atom is -0.492 e. The van der Waals surface area contributed by atoms with Gasteiger partial charge in [0, 0.05) is 12.3 Å². The van der Waals surface area contributed by atoms with E-state index in [1.807, 2.05) is 0 Å². The number of amides is 1. The zero-order valence-corrected chi connectivity index (χ0v) is 10.9. The Labute approximate surface area is 113 Å². The first-order valence-electron chi connectivity index (χ1n) is 6.63. The van der Waals surface area contributed by atoms with Crippen LogP contribution in [0.2, 0.25) is 0 Å². The number of ether oxygens (including phenoxy) is 2. The van der Waals surface area contributed by atoms with E-state index < -0.39 is 0 Å². The van der Waals surface area contributed by atoms with E-state index in [9.17, 15) is 4.79 Å². The van der Waals surface area contributed by atoms with E-state index in [4.69, 9.17) is 15.2 Å². The molecule has 3 N–H and O–H groups in total. The van der Waals surface area contributed by atoms with Crippen molar-refractivity contribution < 1.29 is 14.3 Å². The molecule has 2 rings (SSSR count). The van der Waals surface area contributed by atoms with E-state index in [1.165, 1.54) is 0 Å². The van der Waals surface area contributed by atoms with Gasteiger partial charge in [0.05, 0.1) is 6.54 Å². The van der Waals surface area contributed by atoms with Gasteiger partial charge in [0.2, 0.25) is 5.91 Å². The third-order valence-electron chi connectivity index (χ3n) is 3.02. The Morgan fingerprint density at radius 1 is 1.37 bits per heavy atom. The van der Waals surface area contributed by atoms with Crippen LogP contribution in [0.25, 0.3) is 0 Å². The Hall–Kier alpha value is -1.75. The Kier molecular flexibility index (Phi) is 5.03. The molecule has 0 aromatic heterocycles. The molecule has 0 spiro atoms. The monoisotopic (exact) mass is 264 g/mol. The fraction of sp³-hybridized carbons (Fsp3) is 0.500. The highest BCUT2D eigenvalue weighted by Gasteiger charge is 2.21. The Bertz CT molecular complexity index is 400. The van der Waals surface area contributed by atoms with Gasteiger partial charge < -0.3 is 20.5 Å². The maximum atomic E-state index is 11.7. The fourth-order valence-electron chi connectivity index (χ4n) is 1.97. The number of nitrogens with two attached hydrogens (primary N) is 1. The summed E-state index contributed by atoms with van der Waals surface area (Å²) in [7, 11) is 0. The molecule has 1 aliphatic heterocycles. The summed E-state index contributed by atoms with van der Waals surface area (Å²) in [5, 5.41) is 2.82. The smallest absolute Gasteiger partial charge is 0.249 e. The summed E-state index contributed by atoms with van der Waals surface area (Å²) in [5.74, 6) is 0.706. The number of anilines is 1. The summed E-state index contributed by atoms with van der Waals surface area (Å²) in [4.78, 5) is 11.7. The summed E-state index contributed by atoms with van der Waals surface area (Å²) in [6.45, 7) is 1.59. The summed E-state index contributed by atoms with van der Waals surface area (Å²) >= 11 is 0. The number of nitrogens with one attached hydrogen (secondary N) is 1. The van der Waals surface area contributed by atoms with Crippen LogP contribution in [0.4, 0.5) is 5.69 Å². The van der Waals surface area contributed by atoms with Crippen LogP contribution in [0.5, 0.6) is 5.75 Å². The molecule has 1 heterocycles. The molecule has 1 aliphatic rings. The third-order valence-corrected chi connectivity index (χ3v) is 3.02. The van der Waals surface area contributed by atoms with Crippen LogP contribution in [0.3, 0.4) is 0 Å². The largest absolute Gasteiger partial charge is 0.492 e. The lowest BCUT2D eigenvalue weighted by Crippen LogP contribution is -2.40. The molecule has 1 atom stereocenters. The van der Waals surface area contributed by atoms with Crippen molar-refractivity contribution in [2.45, 2.75) is 25.4 Å². The molecule has 0 saturated carbocycles. The Morgan fingerprint density at radius 3 is 2.84 bits per heavy atom. The molecule has 5 heteroatoms. The number of hydrogen-bond donors (Lipinski definition) is 2. The van der Waals surface area contributed by atoms with Crippen LogP contribution in [0.1, 0.15) is 19.3 Å². The Balaban J connectivity index is 1.63. The molecule has 104 valence electrons. The van der Waals surface area contributed by atoms with Crippen molar-refractivity contribution in [3.05, 3.63) is 24.3 Å². The van der Waals surface area contributed by atoms with Gasteiger partial charge in [0.25, 0.3) is 0 Å². The first-order chi connectivity index (χ1) is 9.25. The molecule has 0 radical (unpaired) electrons. The van der Waals surface area contributed by atoms with Gasteiger partial charge in [0.15, 0.2) is 0 Å². The van der Waals surface area contributed by atoms with Gasteiger partial charge in [-0.1, -0.05) is 0 Å². The first kappa shape index (κ1) is 13.7. The van der Waals surface area contributed by atoms with Gasteiger partial charge >= 0.3 is 0 Å². The molecule has 1 saturated heterocycles. The highest BCUT2D eigenvalue weighted by atomic mass is 16.5. The lowest BCUT2D eigenvalue weighted by atomic mass is 10.1. The molecule has 5 nitrogen and oxygen atoms in total. The number of nitrogen functional groups attached to an aromatic ring is 1. The van der Waals surface area contributed by atoms with Gasteiger partial charge in [-0.05, 0) is 43.5 Å². The second kappa shape index (κ2) is 6.99. The van der Waals surface area contributed by atoms with E-state index >= 15 is 0 Å². The summed E-state index contributed by atoms with van der Waals surface area (Å²) < 4.78 is 10.9. The number of benzene rings is 1. The zero-order chi connectivity index (χ0) is 13.5. The van der Waals surface area contributed by atoms with E-state index in [0.717, 1.165) is 25.0 Å². The average Bonchev–Trinajstić information content (AvgIpc) is 2.46. The standard InChI is InChI=1S/C14H20N2O3/c15-11-4-6-12(7-5-11)18-10-8-16-14(17)13-3-1-2-9-19-13/h4-7,13H,1-3,8-10,15H2,(H,16,17). The van der Waals surface area contributed by atoms with Gasteiger partial charge in [-0.2, -0.15) is 0 Å². The maximum absolute atomic E-state index is 11.7. The molecular weight excluding hydrogens is 244 g/mol. The third kappa shape index (κ3) is 4.44. The van der Waals surface area contributed by atoms with E-state index in [1.54, 1.807) is 24.3 Å². The Morgan fingerprint density at radius 2 is 2.16 bits per heavy atom. The van der Waals surface area contributed by atoms with Crippen LogP contribution in [0.15, 0.2) is 24.3 Å². The van der Waals surface area contributed by atoms with E-state index in [2.05, 4.69) is 5.32 Å². The number of carbonyl (C=O) groups is 1. The minimum atomic E-state index is -0.287. The SMILES string of the molecule is Nc1ccc(OCCNC(=O)C2CCCCO2)cc1. The van der Waals surface area contributed by atoms with Crippen LogP contribution in [-0.4, -0.2) is 31.8 Å². The van der Waals surface area contributed by atoms with Crippen molar-refractivity contribution >= 4 is 11.6 Å². The van der Waals surface area contributed by atoms with Crippen molar-refractivity contribution in [3.63, 3.8) is 0 Å². The van der Waals surface area contributed by atoms with Crippen molar-refractivity contribution in [2.75, 3.05) is 25.5 Å². The molecule has 1 fully saturated rings. The number of hydrogen-bond acceptors (Lipinski definition) is 4. The predicted octanol–water partition coefficient (Wildman–Crippen LogP) is 1.33. The normalized spacial score (nSPS) is 18.8. The van der Waals surface area contributed by atoms with Crippen LogP contribution in [-0.2, 0) is 9.53 Å². The lowest BCUT2D eigenvalue weighted by Gasteiger charge is -2.21. The van der Waals surface area contributed by atoms with Crippen molar-refractivity contribution in [2.24, 2.45) is 0 Å². The summed E-state index contributed by atoms with van der Waals surface area (Å²) in [6.07, 6.45) is 2.62. The molecule has 1 amide bonds. The fourth-order valence-corrected chi connectivity index (χ4v) is 1.97. The van der Waals surface area contributed by atoms with Gasteiger partial charge in [-0.3, -0.25) is 4.79 Å². The quantitative estimate of drug-likeness (QED) is 0.621. The first-order valence-corrected chi connectivity index (χ1v) is 6.63. The van der Waals surface area contributed by atoms with Crippen molar-refractivity contribution in [1.82, 2.24) is 5.32 Å². The molecule has 19 heavy (non-hydrogen) atoms. The highest BCUT2D eigenvalue weighted by Crippen LogP contribution is 2.13. The van der Waals surface area contributed by atoms with Crippen molar-refractivity contribution in [1.29, 1.82) is 0 Å².